The number of furan rings is 1. The van der Waals surface area contributed by atoms with Crippen LogP contribution in [0.15, 0.2) is 39.8 Å². The monoisotopic (exact) mass is 341 g/mol. The molecule has 8 heteroatoms. The van der Waals surface area contributed by atoms with Crippen molar-refractivity contribution in [1.29, 1.82) is 0 Å². The van der Waals surface area contributed by atoms with Crippen molar-refractivity contribution in [2.75, 3.05) is 13.2 Å². The Bertz CT molecular complexity index is 1010. The molecule has 0 fully saturated rings. The van der Waals surface area contributed by atoms with E-state index in [2.05, 4.69) is 15.3 Å². The summed E-state index contributed by atoms with van der Waals surface area (Å²) in [6, 6.07) is 7.35. The Morgan fingerprint density at radius 3 is 3.00 bits per heavy atom. The van der Waals surface area contributed by atoms with E-state index in [1.54, 1.807) is 6.92 Å². The summed E-state index contributed by atoms with van der Waals surface area (Å²) >= 11 is 0. The minimum absolute atomic E-state index is 0.137. The fourth-order valence-corrected chi connectivity index (χ4v) is 2.79. The average Bonchev–Trinajstić information content (AvgIpc) is 2.97. The zero-order chi connectivity index (χ0) is 17.4. The van der Waals surface area contributed by atoms with Gasteiger partial charge in [0.2, 0.25) is 5.71 Å². The summed E-state index contributed by atoms with van der Waals surface area (Å²) < 4.78 is 16.8. The van der Waals surface area contributed by atoms with Gasteiger partial charge in [0.05, 0.1) is 18.4 Å². The molecule has 0 saturated carbocycles. The molecule has 3 heterocycles. The van der Waals surface area contributed by atoms with E-state index in [-0.39, 0.29) is 29.3 Å². The van der Waals surface area contributed by atoms with Gasteiger partial charge in [-0.15, -0.1) is 0 Å². The van der Waals surface area contributed by atoms with Crippen LogP contribution in [-0.4, -0.2) is 35.1 Å². The molecule has 2 N–H and O–H groups in total. The van der Waals surface area contributed by atoms with Gasteiger partial charge in [0.1, 0.15) is 23.9 Å². The number of fused-ring (bicyclic) bond motifs is 2. The van der Waals surface area contributed by atoms with Gasteiger partial charge in [0.25, 0.3) is 11.5 Å². The van der Waals surface area contributed by atoms with Crippen LogP contribution in [0.2, 0.25) is 0 Å². The second kappa shape index (κ2) is 5.97. The van der Waals surface area contributed by atoms with E-state index in [4.69, 9.17) is 13.9 Å². The summed E-state index contributed by atoms with van der Waals surface area (Å²) in [7, 11) is 0. The van der Waals surface area contributed by atoms with Crippen molar-refractivity contribution in [2.45, 2.75) is 13.0 Å². The molecule has 1 unspecified atom stereocenters. The van der Waals surface area contributed by atoms with Crippen molar-refractivity contribution in [2.24, 2.45) is 0 Å². The molecule has 1 aromatic carbocycles. The minimum atomic E-state index is -0.419. The summed E-state index contributed by atoms with van der Waals surface area (Å²) in [6.45, 7) is 2.18. The minimum Gasteiger partial charge on any atom is -0.486 e. The number of ether oxygens (including phenoxy) is 2. The lowest BCUT2D eigenvalue weighted by Gasteiger charge is -2.26. The normalized spacial score (nSPS) is 16.0. The zero-order valence-electron chi connectivity index (χ0n) is 13.4. The van der Waals surface area contributed by atoms with Crippen LogP contribution < -0.4 is 20.3 Å². The third-order valence-electron chi connectivity index (χ3n) is 3.96. The number of nitrogens with one attached hydrogen (secondary N) is 2. The first-order valence-electron chi connectivity index (χ1n) is 7.77. The molecule has 0 aliphatic carbocycles. The number of para-hydroxylation sites is 2. The summed E-state index contributed by atoms with van der Waals surface area (Å²) in [4.78, 5) is 30.9. The van der Waals surface area contributed by atoms with Crippen LogP contribution in [-0.2, 0) is 0 Å². The van der Waals surface area contributed by atoms with Gasteiger partial charge in [-0.25, -0.2) is 4.98 Å². The number of aromatic amines is 1. The van der Waals surface area contributed by atoms with E-state index in [0.29, 0.717) is 23.9 Å². The highest BCUT2D eigenvalue weighted by Crippen LogP contribution is 2.30. The second-order valence-electron chi connectivity index (χ2n) is 5.65. The number of carbonyl (C=O) groups excluding carboxylic acids is 1. The van der Waals surface area contributed by atoms with E-state index in [1.165, 1.54) is 6.33 Å². The number of hydrogen-bond donors (Lipinski definition) is 2. The standard InChI is InChI=1S/C17H15N3O5/c1-9-13(14-16(22)19-8-20-17(14)24-9)15(21)18-6-10-7-23-11-4-2-3-5-12(11)25-10/h2-5,8,10H,6-7H2,1H3,(H,18,21)(H,19,20,22). The van der Waals surface area contributed by atoms with E-state index in [0.717, 1.165) is 0 Å². The summed E-state index contributed by atoms with van der Waals surface area (Å²) in [5, 5.41) is 2.90. The molecule has 1 aliphatic heterocycles. The number of carbonyl (C=O) groups is 1. The maximum atomic E-state index is 12.5. The number of amides is 1. The zero-order valence-corrected chi connectivity index (χ0v) is 13.4. The highest BCUT2D eigenvalue weighted by Gasteiger charge is 2.24. The Morgan fingerprint density at radius 2 is 2.16 bits per heavy atom. The molecular weight excluding hydrogens is 326 g/mol. The number of aromatic nitrogens is 2. The van der Waals surface area contributed by atoms with Crippen LogP contribution in [0.25, 0.3) is 11.1 Å². The van der Waals surface area contributed by atoms with E-state index in [9.17, 15) is 9.59 Å². The summed E-state index contributed by atoms with van der Waals surface area (Å²) in [5.41, 5.74) is -0.0998. The van der Waals surface area contributed by atoms with Gasteiger partial charge in [0.15, 0.2) is 11.5 Å². The lowest BCUT2D eigenvalue weighted by atomic mass is 10.1. The van der Waals surface area contributed by atoms with Crippen LogP contribution in [0.1, 0.15) is 16.1 Å². The van der Waals surface area contributed by atoms with E-state index in [1.807, 2.05) is 24.3 Å². The molecule has 0 bridgehead atoms. The van der Waals surface area contributed by atoms with Crippen molar-refractivity contribution in [1.82, 2.24) is 15.3 Å². The smallest absolute Gasteiger partial charge is 0.262 e. The molecule has 8 nitrogen and oxygen atoms in total. The lowest BCUT2D eigenvalue weighted by Crippen LogP contribution is -2.41. The fraction of sp³-hybridized carbons (Fsp3) is 0.235. The number of nitrogens with zero attached hydrogens (tertiary/aromatic N) is 1. The number of hydrogen-bond acceptors (Lipinski definition) is 6. The highest BCUT2D eigenvalue weighted by molar-refractivity contribution is 6.06. The maximum absolute atomic E-state index is 12.5. The van der Waals surface area contributed by atoms with Crippen LogP contribution in [0, 0.1) is 6.92 Å². The molecule has 4 rings (SSSR count). The third-order valence-corrected chi connectivity index (χ3v) is 3.96. The molecule has 1 amide bonds. The second-order valence-corrected chi connectivity index (χ2v) is 5.65. The average molecular weight is 341 g/mol. The SMILES string of the molecule is Cc1oc2nc[nH]c(=O)c2c1C(=O)NCC1COc2ccccc2O1. The Morgan fingerprint density at radius 1 is 1.36 bits per heavy atom. The van der Waals surface area contributed by atoms with E-state index < -0.39 is 11.5 Å². The van der Waals surface area contributed by atoms with Crippen LogP contribution >= 0.6 is 0 Å². The van der Waals surface area contributed by atoms with Gasteiger partial charge in [-0.3, -0.25) is 9.59 Å². The van der Waals surface area contributed by atoms with Crippen molar-refractivity contribution in [3.63, 3.8) is 0 Å². The summed E-state index contributed by atoms with van der Waals surface area (Å²) in [6.07, 6.45) is 0.911. The first-order chi connectivity index (χ1) is 12.1. The quantitative estimate of drug-likeness (QED) is 0.746. The molecule has 3 aromatic rings. The molecule has 128 valence electrons. The number of benzene rings is 1. The van der Waals surface area contributed by atoms with Gasteiger partial charge in [-0.2, -0.15) is 0 Å². The first-order valence-corrected chi connectivity index (χ1v) is 7.77. The van der Waals surface area contributed by atoms with Gasteiger partial charge < -0.3 is 24.2 Å². The molecular formula is C17H15N3O5. The Labute approximate surface area is 141 Å². The third kappa shape index (κ3) is 2.71. The largest absolute Gasteiger partial charge is 0.486 e. The van der Waals surface area contributed by atoms with Gasteiger partial charge in [-0.05, 0) is 19.1 Å². The van der Waals surface area contributed by atoms with E-state index >= 15 is 0 Å². The topological polar surface area (TPSA) is 106 Å². The molecule has 0 radical (unpaired) electrons. The van der Waals surface area contributed by atoms with Crippen LogP contribution in [0.4, 0.5) is 0 Å². The van der Waals surface area contributed by atoms with Crippen molar-refractivity contribution in [3.05, 3.63) is 52.3 Å². The van der Waals surface area contributed by atoms with Crippen molar-refractivity contribution in [3.8, 4) is 11.5 Å². The predicted octanol–water partition coefficient (Wildman–Crippen LogP) is 1.39. The Balaban J connectivity index is 1.51. The Kier molecular flexibility index (Phi) is 3.64. The molecule has 0 saturated heterocycles. The van der Waals surface area contributed by atoms with Gasteiger partial charge in [-0.1, -0.05) is 12.1 Å². The predicted molar refractivity (Wildman–Crippen MR) is 88.1 cm³/mol. The van der Waals surface area contributed by atoms with Gasteiger partial charge in [0, 0.05) is 0 Å². The number of H-pyrrole nitrogens is 1. The maximum Gasteiger partial charge on any atom is 0.262 e. The van der Waals surface area contributed by atoms with Crippen molar-refractivity contribution < 1.29 is 18.7 Å². The molecule has 1 atom stereocenters. The van der Waals surface area contributed by atoms with Crippen LogP contribution in [0.3, 0.4) is 0 Å². The molecule has 0 spiro atoms. The van der Waals surface area contributed by atoms with Gasteiger partial charge >= 0.3 is 0 Å². The molecule has 2 aromatic heterocycles. The summed E-state index contributed by atoms with van der Waals surface area (Å²) in [5.74, 6) is 1.23. The Hall–Kier alpha value is -3.29. The molecule has 25 heavy (non-hydrogen) atoms. The highest BCUT2D eigenvalue weighted by atomic mass is 16.6. The lowest BCUT2D eigenvalue weighted by molar-refractivity contribution is 0.0789. The van der Waals surface area contributed by atoms with Crippen molar-refractivity contribution >= 4 is 17.0 Å². The number of rotatable bonds is 3. The van der Waals surface area contributed by atoms with Crippen LogP contribution in [0.5, 0.6) is 11.5 Å². The molecule has 1 aliphatic rings. The fourth-order valence-electron chi connectivity index (χ4n) is 2.79. The first kappa shape index (κ1) is 15.3. The number of aryl methyl sites for hydroxylation is 1.